The molecule has 112 valence electrons. The lowest BCUT2D eigenvalue weighted by Crippen LogP contribution is -2.29. The molecule has 0 radical (unpaired) electrons. The normalized spacial score (nSPS) is 18.0. The molecule has 3 nitrogen and oxygen atoms in total. The molecule has 0 saturated heterocycles. The van der Waals surface area contributed by atoms with Crippen molar-refractivity contribution in [3.63, 3.8) is 0 Å². The molecule has 0 spiro atoms. The quantitative estimate of drug-likeness (QED) is 0.795. The third-order valence-electron chi connectivity index (χ3n) is 4.35. The van der Waals surface area contributed by atoms with Gasteiger partial charge in [-0.15, -0.1) is 0 Å². The maximum atomic E-state index is 6.22. The van der Waals surface area contributed by atoms with E-state index in [2.05, 4.69) is 29.1 Å². The number of halogens is 1. The molecule has 1 fully saturated rings. The van der Waals surface area contributed by atoms with Crippen LogP contribution in [0.4, 0.5) is 5.82 Å². The van der Waals surface area contributed by atoms with Gasteiger partial charge < -0.3 is 5.32 Å². The Hall–Kier alpha value is -0.830. The van der Waals surface area contributed by atoms with Gasteiger partial charge in [-0.3, -0.25) is 0 Å². The molecule has 0 amide bonds. The van der Waals surface area contributed by atoms with Gasteiger partial charge >= 0.3 is 0 Å². The standard InChI is InChI=1S/C16H26ClN3/c1-4-8-13-19-14(17)12(2)15(20-13)18-11-16(3)9-6-5-7-10-16/h4-11H2,1-3H3,(H,18,19,20). The molecule has 0 atom stereocenters. The second-order valence-electron chi connectivity index (χ2n) is 6.38. The zero-order valence-corrected chi connectivity index (χ0v) is 13.7. The van der Waals surface area contributed by atoms with Crippen molar-refractivity contribution >= 4 is 17.4 Å². The van der Waals surface area contributed by atoms with Gasteiger partial charge in [-0.1, -0.05) is 44.7 Å². The summed E-state index contributed by atoms with van der Waals surface area (Å²) in [6, 6.07) is 0. The molecule has 1 aliphatic carbocycles. The van der Waals surface area contributed by atoms with Crippen molar-refractivity contribution in [1.82, 2.24) is 9.97 Å². The fraction of sp³-hybridized carbons (Fsp3) is 0.750. The van der Waals surface area contributed by atoms with E-state index in [4.69, 9.17) is 11.6 Å². The molecule has 0 bridgehead atoms. The van der Waals surface area contributed by atoms with E-state index in [1.807, 2.05) is 6.92 Å². The summed E-state index contributed by atoms with van der Waals surface area (Å²) in [6.07, 6.45) is 8.61. The van der Waals surface area contributed by atoms with Gasteiger partial charge in [0, 0.05) is 18.5 Å². The maximum absolute atomic E-state index is 6.22. The molecule has 1 N–H and O–H groups in total. The summed E-state index contributed by atoms with van der Waals surface area (Å²) in [4.78, 5) is 8.98. The Balaban J connectivity index is 2.08. The van der Waals surface area contributed by atoms with Gasteiger partial charge in [0.1, 0.15) is 16.8 Å². The first kappa shape index (κ1) is 15.6. The number of rotatable bonds is 5. The first-order valence-electron chi connectivity index (χ1n) is 7.81. The zero-order valence-electron chi connectivity index (χ0n) is 12.9. The third-order valence-corrected chi connectivity index (χ3v) is 4.72. The van der Waals surface area contributed by atoms with Gasteiger partial charge in [-0.25, -0.2) is 9.97 Å². The van der Waals surface area contributed by atoms with Gasteiger partial charge in [0.2, 0.25) is 0 Å². The summed E-state index contributed by atoms with van der Waals surface area (Å²) in [7, 11) is 0. The van der Waals surface area contributed by atoms with Gasteiger partial charge in [0.15, 0.2) is 0 Å². The minimum Gasteiger partial charge on any atom is -0.369 e. The van der Waals surface area contributed by atoms with E-state index in [1.165, 1.54) is 32.1 Å². The molecule has 1 aliphatic rings. The number of nitrogens with zero attached hydrogens (tertiary/aromatic N) is 2. The molecule has 4 heteroatoms. The molecular formula is C16H26ClN3. The van der Waals surface area contributed by atoms with Gasteiger partial charge in [-0.05, 0) is 31.6 Å². The predicted molar refractivity (Wildman–Crippen MR) is 85.5 cm³/mol. The van der Waals surface area contributed by atoms with Crippen LogP contribution in [0.2, 0.25) is 5.15 Å². The van der Waals surface area contributed by atoms with Crippen molar-refractivity contribution in [3.8, 4) is 0 Å². The van der Waals surface area contributed by atoms with Crippen molar-refractivity contribution in [2.24, 2.45) is 5.41 Å². The second-order valence-corrected chi connectivity index (χ2v) is 6.74. The highest BCUT2D eigenvalue weighted by molar-refractivity contribution is 6.30. The van der Waals surface area contributed by atoms with E-state index < -0.39 is 0 Å². The Labute approximate surface area is 127 Å². The summed E-state index contributed by atoms with van der Waals surface area (Å²) in [5, 5.41) is 4.11. The molecule has 1 saturated carbocycles. The number of aromatic nitrogens is 2. The molecule has 1 heterocycles. The highest BCUT2D eigenvalue weighted by atomic mass is 35.5. The number of nitrogens with one attached hydrogen (secondary N) is 1. The van der Waals surface area contributed by atoms with Crippen LogP contribution in [-0.2, 0) is 6.42 Å². The highest BCUT2D eigenvalue weighted by Gasteiger charge is 2.26. The van der Waals surface area contributed by atoms with Crippen LogP contribution in [0.5, 0.6) is 0 Å². The minimum atomic E-state index is 0.396. The Morgan fingerprint density at radius 3 is 2.55 bits per heavy atom. The van der Waals surface area contributed by atoms with Crippen molar-refractivity contribution in [3.05, 3.63) is 16.5 Å². The van der Waals surface area contributed by atoms with Crippen LogP contribution in [0.25, 0.3) is 0 Å². The summed E-state index contributed by atoms with van der Waals surface area (Å²) in [5.41, 5.74) is 1.36. The van der Waals surface area contributed by atoms with E-state index >= 15 is 0 Å². The fourth-order valence-electron chi connectivity index (χ4n) is 2.92. The molecule has 1 aromatic heterocycles. The Morgan fingerprint density at radius 1 is 1.20 bits per heavy atom. The summed E-state index contributed by atoms with van der Waals surface area (Å²) in [5.74, 6) is 1.76. The van der Waals surface area contributed by atoms with E-state index in [9.17, 15) is 0 Å². The molecule has 20 heavy (non-hydrogen) atoms. The molecular weight excluding hydrogens is 270 g/mol. The summed E-state index contributed by atoms with van der Waals surface area (Å²) < 4.78 is 0. The van der Waals surface area contributed by atoms with E-state index in [0.29, 0.717) is 10.6 Å². The lowest BCUT2D eigenvalue weighted by atomic mass is 9.76. The van der Waals surface area contributed by atoms with E-state index in [1.54, 1.807) is 0 Å². The number of aryl methyl sites for hydroxylation is 1. The molecule has 2 rings (SSSR count). The number of hydrogen-bond acceptors (Lipinski definition) is 3. The smallest absolute Gasteiger partial charge is 0.137 e. The zero-order chi connectivity index (χ0) is 14.6. The van der Waals surface area contributed by atoms with Crippen LogP contribution in [-0.4, -0.2) is 16.5 Å². The second kappa shape index (κ2) is 6.75. The lowest BCUT2D eigenvalue weighted by molar-refractivity contribution is 0.233. The van der Waals surface area contributed by atoms with E-state index in [-0.39, 0.29) is 0 Å². The highest BCUT2D eigenvalue weighted by Crippen LogP contribution is 2.36. The van der Waals surface area contributed by atoms with Crippen LogP contribution in [0.15, 0.2) is 0 Å². The molecule has 0 aliphatic heterocycles. The number of anilines is 1. The van der Waals surface area contributed by atoms with Crippen LogP contribution < -0.4 is 5.32 Å². The van der Waals surface area contributed by atoms with Gasteiger partial charge in [0.25, 0.3) is 0 Å². The van der Waals surface area contributed by atoms with Gasteiger partial charge in [0.05, 0.1) is 0 Å². The first-order chi connectivity index (χ1) is 9.54. The topological polar surface area (TPSA) is 37.8 Å². The fourth-order valence-corrected chi connectivity index (χ4v) is 3.11. The van der Waals surface area contributed by atoms with Crippen molar-refractivity contribution < 1.29 is 0 Å². The summed E-state index contributed by atoms with van der Waals surface area (Å²) >= 11 is 6.22. The van der Waals surface area contributed by atoms with Crippen molar-refractivity contribution in [2.75, 3.05) is 11.9 Å². The lowest BCUT2D eigenvalue weighted by Gasteiger charge is -2.34. The van der Waals surface area contributed by atoms with Crippen LogP contribution in [0.1, 0.15) is 63.8 Å². The maximum Gasteiger partial charge on any atom is 0.137 e. The Morgan fingerprint density at radius 2 is 1.90 bits per heavy atom. The molecule has 0 aromatic carbocycles. The van der Waals surface area contributed by atoms with Crippen molar-refractivity contribution in [2.45, 2.75) is 65.7 Å². The Bertz CT molecular complexity index is 453. The van der Waals surface area contributed by atoms with E-state index in [0.717, 1.165) is 36.6 Å². The van der Waals surface area contributed by atoms with Gasteiger partial charge in [-0.2, -0.15) is 0 Å². The predicted octanol–water partition coefficient (Wildman–Crippen LogP) is 4.77. The molecule has 0 unspecified atom stereocenters. The minimum absolute atomic E-state index is 0.396. The SMILES string of the molecule is CCCc1nc(Cl)c(C)c(NCC2(C)CCCCC2)n1. The largest absolute Gasteiger partial charge is 0.369 e. The summed E-state index contributed by atoms with van der Waals surface area (Å²) in [6.45, 7) is 7.48. The van der Waals surface area contributed by atoms with Crippen LogP contribution >= 0.6 is 11.6 Å². The van der Waals surface area contributed by atoms with Crippen LogP contribution in [0.3, 0.4) is 0 Å². The Kier molecular flexibility index (Phi) is 5.25. The third kappa shape index (κ3) is 3.85. The first-order valence-corrected chi connectivity index (χ1v) is 8.19. The monoisotopic (exact) mass is 295 g/mol. The average Bonchev–Trinajstić information content (AvgIpc) is 2.42. The van der Waals surface area contributed by atoms with Crippen LogP contribution in [0, 0.1) is 12.3 Å². The average molecular weight is 296 g/mol. The van der Waals surface area contributed by atoms with Crippen molar-refractivity contribution in [1.29, 1.82) is 0 Å². The number of hydrogen-bond donors (Lipinski definition) is 1. The molecule has 1 aromatic rings.